The molecule has 1 aliphatic heterocycles. The second-order valence-corrected chi connectivity index (χ2v) is 11.8. The zero-order valence-corrected chi connectivity index (χ0v) is 25.7. The standard InChI is InChI=1S/C18H18F4N2O5.C7H12F2.C5H12O/c19-11-7-12(20)16(22)17(15(11)21)29-8-14(27)13(3-6-25)23-18(28)10-1-4-24(9-26)5-2-10;1-6-2-4-7(8,9)5-3-6;1-5(2,3)6-4/h6-7,9-10,13H,1-5,8H2,(H,23,28);6H,2-5H2,1H3;1-4H3. The van der Waals surface area contributed by atoms with Crippen LogP contribution in [-0.2, 0) is 23.9 Å². The average molecular weight is 641 g/mol. The number of nitrogens with one attached hydrogen (secondary N) is 1. The molecule has 1 aliphatic carbocycles. The molecular weight excluding hydrogens is 598 g/mol. The van der Waals surface area contributed by atoms with Crippen LogP contribution in [0.15, 0.2) is 6.07 Å². The molecule has 0 aromatic heterocycles. The minimum Gasteiger partial charge on any atom is -0.479 e. The number of hydrogen-bond donors (Lipinski definition) is 1. The van der Waals surface area contributed by atoms with Crippen molar-refractivity contribution in [3.8, 4) is 5.75 Å². The predicted molar refractivity (Wildman–Crippen MR) is 149 cm³/mol. The van der Waals surface area contributed by atoms with Crippen molar-refractivity contribution in [1.82, 2.24) is 10.2 Å². The van der Waals surface area contributed by atoms with Gasteiger partial charge in [0.2, 0.25) is 29.9 Å². The van der Waals surface area contributed by atoms with Crippen LogP contribution in [0.5, 0.6) is 5.75 Å². The highest BCUT2D eigenvalue weighted by atomic mass is 19.3. The molecule has 3 rings (SSSR count). The van der Waals surface area contributed by atoms with Crippen molar-refractivity contribution in [2.24, 2.45) is 11.8 Å². The van der Waals surface area contributed by atoms with Crippen molar-refractivity contribution in [2.75, 3.05) is 26.8 Å². The Morgan fingerprint density at radius 3 is 1.93 bits per heavy atom. The number of carbonyl (C=O) groups excluding carboxylic acids is 4. The fourth-order valence-corrected chi connectivity index (χ4v) is 4.03. The minimum atomic E-state index is -2.34. The maximum atomic E-state index is 13.6. The SMILES string of the molecule is CC1CCC(F)(F)CC1.COC(C)(C)C.O=CCC(NC(=O)C1CCN(C=O)CC1)C(=O)COc1c(F)c(F)cc(F)c1F. The fraction of sp³-hybridized carbons (Fsp3) is 0.667. The lowest BCUT2D eigenvalue weighted by Gasteiger charge is -2.29. The number of ether oxygens (including phenoxy) is 2. The molecule has 2 fully saturated rings. The van der Waals surface area contributed by atoms with Crippen molar-refractivity contribution >= 4 is 24.4 Å². The van der Waals surface area contributed by atoms with Gasteiger partial charge >= 0.3 is 0 Å². The summed E-state index contributed by atoms with van der Waals surface area (Å²) in [6, 6.07) is -1.35. The van der Waals surface area contributed by atoms with Gasteiger partial charge in [0.15, 0.2) is 23.2 Å². The summed E-state index contributed by atoms with van der Waals surface area (Å²) in [6.45, 7) is 7.79. The molecule has 1 aromatic rings. The molecule has 1 N–H and O–H groups in total. The number of rotatable bonds is 9. The molecule has 0 spiro atoms. The van der Waals surface area contributed by atoms with Gasteiger partial charge in [0, 0.05) is 51.4 Å². The van der Waals surface area contributed by atoms with E-state index in [0.29, 0.717) is 57.4 Å². The van der Waals surface area contributed by atoms with Gasteiger partial charge in [-0.2, -0.15) is 8.78 Å². The van der Waals surface area contributed by atoms with Crippen molar-refractivity contribution in [3.05, 3.63) is 29.3 Å². The van der Waals surface area contributed by atoms with E-state index in [1.165, 1.54) is 4.90 Å². The second-order valence-electron chi connectivity index (χ2n) is 11.8. The van der Waals surface area contributed by atoms with Crippen LogP contribution < -0.4 is 10.1 Å². The van der Waals surface area contributed by atoms with E-state index in [1.54, 1.807) is 7.11 Å². The van der Waals surface area contributed by atoms with Gasteiger partial charge in [-0.25, -0.2) is 17.6 Å². The van der Waals surface area contributed by atoms with Crippen LogP contribution in [0.4, 0.5) is 26.3 Å². The Kier molecular flexibility index (Phi) is 15.9. The highest BCUT2D eigenvalue weighted by molar-refractivity contribution is 5.92. The molecule has 1 unspecified atom stereocenters. The summed E-state index contributed by atoms with van der Waals surface area (Å²) in [6.07, 6.45) is 2.94. The number of methoxy groups -OCH3 is 1. The van der Waals surface area contributed by atoms with Crippen LogP contribution in [0, 0.1) is 35.1 Å². The van der Waals surface area contributed by atoms with E-state index >= 15 is 0 Å². The Morgan fingerprint density at radius 1 is 1.02 bits per heavy atom. The summed E-state index contributed by atoms with van der Waals surface area (Å²) in [4.78, 5) is 47.5. The zero-order valence-electron chi connectivity index (χ0n) is 25.7. The van der Waals surface area contributed by atoms with Crippen LogP contribution >= 0.6 is 0 Å². The number of likely N-dealkylation sites (tertiary alicyclic amines) is 1. The molecule has 0 radical (unpaired) electrons. The average Bonchev–Trinajstić information content (AvgIpc) is 2.97. The number of hydrogen-bond acceptors (Lipinski definition) is 6. The van der Waals surface area contributed by atoms with Gasteiger partial charge in [-0.15, -0.1) is 0 Å². The van der Waals surface area contributed by atoms with Crippen molar-refractivity contribution in [3.63, 3.8) is 0 Å². The van der Waals surface area contributed by atoms with Crippen LogP contribution in [-0.4, -0.2) is 73.7 Å². The van der Waals surface area contributed by atoms with E-state index in [1.807, 2.05) is 27.7 Å². The van der Waals surface area contributed by atoms with Gasteiger partial charge in [0.05, 0.1) is 11.6 Å². The zero-order chi connectivity index (χ0) is 33.7. The van der Waals surface area contributed by atoms with Crippen molar-refractivity contribution in [2.45, 2.75) is 90.2 Å². The number of amides is 2. The summed E-state index contributed by atoms with van der Waals surface area (Å²) < 4.78 is 87.8. The summed E-state index contributed by atoms with van der Waals surface area (Å²) in [5.74, 6) is -12.2. The van der Waals surface area contributed by atoms with E-state index in [2.05, 4.69) is 10.1 Å². The summed E-state index contributed by atoms with van der Waals surface area (Å²) in [5.41, 5.74) is 0.0417. The first-order valence-electron chi connectivity index (χ1n) is 14.3. The molecule has 1 atom stereocenters. The van der Waals surface area contributed by atoms with Crippen LogP contribution in [0.1, 0.15) is 72.6 Å². The number of ketones is 1. The number of carbonyl (C=O) groups is 4. The molecule has 250 valence electrons. The molecule has 1 heterocycles. The Balaban J connectivity index is 0.000000526. The van der Waals surface area contributed by atoms with Crippen molar-refractivity contribution in [1.29, 1.82) is 0 Å². The molecule has 14 heteroatoms. The minimum absolute atomic E-state index is 0.00925. The molecular formula is C30H42F6N2O6. The number of nitrogens with zero attached hydrogens (tertiary/aromatic N) is 1. The first-order chi connectivity index (χ1) is 20.4. The molecule has 2 aliphatic rings. The maximum absolute atomic E-state index is 13.6. The van der Waals surface area contributed by atoms with E-state index in [9.17, 15) is 45.5 Å². The number of Topliss-reactive ketones (excluding diaryl/α,β-unsaturated/α-hetero) is 1. The number of aldehydes is 1. The Labute approximate surface area is 253 Å². The Bertz CT molecular complexity index is 1070. The third-order valence-electron chi connectivity index (χ3n) is 7.13. The lowest BCUT2D eigenvalue weighted by atomic mass is 9.88. The van der Waals surface area contributed by atoms with E-state index in [0.717, 1.165) is 0 Å². The summed E-state index contributed by atoms with van der Waals surface area (Å²) >= 11 is 0. The first kappa shape index (κ1) is 38.9. The molecule has 44 heavy (non-hydrogen) atoms. The normalized spacial score (nSPS) is 17.7. The smallest absolute Gasteiger partial charge is 0.248 e. The Hall–Kier alpha value is -3.16. The highest BCUT2D eigenvalue weighted by Crippen LogP contribution is 2.35. The lowest BCUT2D eigenvalue weighted by Crippen LogP contribution is -2.47. The van der Waals surface area contributed by atoms with Gasteiger partial charge in [-0.1, -0.05) is 6.92 Å². The molecule has 1 aromatic carbocycles. The van der Waals surface area contributed by atoms with Gasteiger partial charge in [-0.3, -0.25) is 14.4 Å². The van der Waals surface area contributed by atoms with Gasteiger partial charge in [0.25, 0.3) is 0 Å². The fourth-order valence-electron chi connectivity index (χ4n) is 4.03. The largest absolute Gasteiger partial charge is 0.479 e. The van der Waals surface area contributed by atoms with Gasteiger partial charge < -0.3 is 24.5 Å². The van der Waals surface area contributed by atoms with Crippen LogP contribution in [0.25, 0.3) is 0 Å². The summed E-state index contributed by atoms with van der Waals surface area (Å²) in [5, 5.41) is 2.37. The summed E-state index contributed by atoms with van der Waals surface area (Å²) in [7, 11) is 1.71. The third kappa shape index (κ3) is 13.6. The molecule has 2 amide bonds. The van der Waals surface area contributed by atoms with E-state index in [4.69, 9.17) is 4.74 Å². The molecule has 8 nitrogen and oxygen atoms in total. The van der Waals surface area contributed by atoms with Gasteiger partial charge in [0.1, 0.15) is 12.9 Å². The molecule has 1 saturated carbocycles. The maximum Gasteiger partial charge on any atom is 0.248 e. The van der Waals surface area contributed by atoms with Crippen LogP contribution in [0.2, 0.25) is 0 Å². The third-order valence-corrected chi connectivity index (χ3v) is 7.13. The van der Waals surface area contributed by atoms with E-state index in [-0.39, 0.29) is 24.5 Å². The molecule has 1 saturated heterocycles. The van der Waals surface area contributed by atoms with Gasteiger partial charge in [-0.05, 0) is 52.4 Å². The van der Waals surface area contributed by atoms with E-state index < -0.39 is 71.6 Å². The Morgan fingerprint density at radius 2 is 1.52 bits per heavy atom. The number of halogens is 6. The lowest BCUT2D eigenvalue weighted by molar-refractivity contribution is -0.133. The topological polar surface area (TPSA) is 102 Å². The number of alkyl halides is 2. The van der Waals surface area contributed by atoms with Crippen LogP contribution in [0.3, 0.4) is 0 Å². The quantitative estimate of drug-likeness (QED) is 0.221. The highest BCUT2D eigenvalue weighted by Gasteiger charge is 2.33. The molecule has 0 bridgehead atoms. The second kappa shape index (κ2) is 18.0. The van der Waals surface area contributed by atoms with Crippen molar-refractivity contribution < 1.29 is 55.0 Å². The predicted octanol–water partition coefficient (Wildman–Crippen LogP) is 5.40. The first-order valence-corrected chi connectivity index (χ1v) is 14.3. The number of piperidine rings is 1. The number of benzene rings is 1. The monoisotopic (exact) mass is 640 g/mol.